The van der Waals surface area contributed by atoms with Crippen LogP contribution in [0.5, 0.6) is 0 Å². The van der Waals surface area contributed by atoms with Crippen LogP contribution in [0.2, 0.25) is 0 Å². The van der Waals surface area contributed by atoms with Crippen LogP contribution in [0.15, 0.2) is 54.6 Å². The van der Waals surface area contributed by atoms with Crippen molar-refractivity contribution in [3.8, 4) is 0 Å². The van der Waals surface area contributed by atoms with Gasteiger partial charge in [0.15, 0.2) is 0 Å². The van der Waals surface area contributed by atoms with Crippen molar-refractivity contribution in [3.05, 3.63) is 71.3 Å². The van der Waals surface area contributed by atoms with Crippen LogP contribution in [0.4, 0.5) is 0 Å². The molecule has 0 N–H and O–H groups in total. The Labute approximate surface area is 161 Å². The molecular formula is C20H18N2O4S. The maximum absolute atomic E-state index is 13.0. The van der Waals surface area contributed by atoms with Gasteiger partial charge in [-0.2, -0.15) is 11.8 Å². The molecule has 2 amide bonds. The number of thioether (sulfide) groups is 1. The number of imide groups is 1. The van der Waals surface area contributed by atoms with E-state index in [2.05, 4.69) is 0 Å². The molecule has 2 aliphatic heterocycles. The normalized spacial score (nSPS) is 18.3. The SMILES string of the molecule is O=C(ON1C(=O)c2ccccc2C1=O)C(c1ccccc1)N1CCSCC1. The van der Waals surface area contributed by atoms with E-state index in [0.717, 1.165) is 30.2 Å². The summed E-state index contributed by atoms with van der Waals surface area (Å²) in [4.78, 5) is 45.4. The first-order chi connectivity index (χ1) is 13.2. The van der Waals surface area contributed by atoms with E-state index >= 15 is 0 Å². The summed E-state index contributed by atoms with van der Waals surface area (Å²) in [7, 11) is 0. The number of benzene rings is 2. The largest absolute Gasteiger partial charge is 0.354 e. The fourth-order valence-electron chi connectivity index (χ4n) is 3.36. The molecule has 0 aliphatic carbocycles. The number of hydrogen-bond acceptors (Lipinski definition) is 6. The van der Waals surface area contributed by atoms with Gasteiger partial charge >= 0.3 is 5.97 Å². The van der Waals surface area contributed by atoms with E-state index in [9.17, 15) is 14.4 Å². The molecule has 0 saturated carbocycles. The summed E-state index contributed by atoms with van der Waals surface area (Å²) in [5.41, 5.74) is 1.29. The molecule has 138 valence electrons. The van der Waals surface area contributed by atoms with Gasteiger partial charge in [-0.15, -0.1) is 0 Å². The number of fused-ring (bicyclic) bond motifs is 1. The highest BCUT2D eigenvalue weighted by atomic mass is 32.2. The lowest BCUT2D eigenvalue weighted by Crippen LogP contribution is -2.43. The Morgan fingerprint density at radius 3 is 2.04 bits per heavy atom. The zero-order chi connectivity index (χ0) is 18.8. The second-order valence-corrected chi connectivity index (χ2v) is 7.55. The molecule has 2 aliphatic rings. The number of amides is 2. The molecule has 6 nitrogen and oxygen atoms in total. The molecule has 0 spiro atoms. The molecule has 2 aromatic rings. The molecule has 7 heteroatoms. The predicted molar refractivity (Wildman–Crippen MR) is 101 cm³/mol. The quantitative estimate of drug-likeness (QED) is 0.757. The molecule has 2 aromatic carbocycles. The van der Waals surface area contributed by atoms with Crippen LogP contribution < -0.4 is 0 Å². The Kier molecular flexibility index (Phi) is 4.96. The summed E-state index contributed by atoms with van der Waals surface area (Å²) in [6.45, 7) is 1.48. The maximum atomic E-state index is 13.0. The highest BCUT2D eigenvalue weighted by molar-refractivity contribution is 7.99. The predicted octanol–water partition coefficient (Wildman–Crippen LogP) is 2.53. The molecule has 2 heterocycles. The molecule has 27 heavy (non-hydrogen) atoms. The van der Waals surface area contributed by atoms with Crippen molar-refractivity contribution >= 4 is 29.5 Å². The lowest BCUT2D eigenvalue weighted by atomic mass is 10.1. The number of nitrogens with zero attached hydrogens (tertiary/aromatic N) is 2. The Balaban J connectivity index is 1.59. The number of hydrogen-bond donors (Lipinski definition) is 0. The van der Waals surface area contributed by atoms with Crippen LogP contribution in [0.1, 0.15) is 32.3 Å². The summed E-state index contributed by atoms with van der Waals surface area (Å²) >= 11 is 1.84. The molecule has 1 fully saturated rings. The fourth-order valence-corrected chi connectivity index (χ4v) is 4.29. The van der Waals surface area contributed by atoms with Gasteiger partial charge in [0, 0.05) is 24.6 Å². The lowest BCUT2D eigenvalue weighted by Gasteiger charge is -2.33. The van der Waals surface area contributed by atoms with Gasteiger partial charge < -0.3 is 4.84 Å². The van der Waals surface area contributed by atoms with Gasteiger partial charge in [0.05, 0.1) is 11.1 Å². The van der Waals surface area contributed by atoms with E-state index in [1.807, 2.05) is 47.0 Å². The van der Waals surface area contributed by atoms with E-state index in [1.165, 1.54) is 0 Å². The number of carbonyl (C=O) groups excluding carboxylic acids is 3. The molecule has 0 aromatic heterocycles. The minimum absolute atomic E-state index is 0.251. The minimum Gasteiger partial charge on any atom is -0.328 e. The average molecular weight is 382 g/mol. The van der Waals surface area contributed by atoms with Crippen molar-refractivity contribution in [1.82, 2.24) is 9.96 Å². The van der Waals surface area contributed by atoms with Gasteiger partial charge in [0.25, 0.3) is 11.8 Å². The van der Waals surface area contributed by atoms with Crippen LogP contribution in [0.25, 0.3) is 0 Å². The topological polar surface area (TPSA) is 66.9 Å². The molecule has 1 saturated heterocycles. The zero-order valence-electron chi connectivity index (χ0n) is 14.5. The first kappa shape index (κ1) is 17.8. The van der Waals surface area contributed by atoms with Crippen molar-refractivity contribution in [1.29, 1.82) is 0 Å². The number of hydroxylamine groups is 2. The van der Waals surface area contributed by atoms with Crippen LogP contribution in [-0.4, -0.2) is 52.3 Å². The third-order valence-corrected chi connectivity index (χ3v) is 5.63. The Hall–Kier alpha value is -2.64. The zero-order valence-corrected chi connectivity index (χ0v) is 15.4. The summed E-state index contributed by atoms with van der Waals surface area (Å²) in [6.07, 6.45) is 0. The van der Waals surface area contributed by atoms with Gasteiger partial charge in [-0.3, -0.25) is 14.5 Å². The van der Waals surface area contributed by atoms with E-state index in [4.69, 9.17) is 4.84 Å². The Bertz CT molecular complexity index is 846. The van der Waals surface area contributed by atoms with Crippen LogP contribution in [-0.2, 0) is 9.63 Å². The summed E-state index contributed by atoms with van der Waals surface area (Å²) < 4.78 is 0. The summed E-state index contributed by atoms with van der Waals surface area (Å²) in [5, 5.41) is 0.585. The third-order valence-electron chi connectivity index (χ3n) is 4.69. The molecule has 4 rings (SSSR count). The molecular weight excluding hydrogens is 364 g/mol. The maximum Gasteiger partial charge on any atom is 0.354 e. The second kappa shape index (κ2) is 7.54. The molecule has 0 bridgehead atoms. The minimum atomic E-state index is -0.656. The van der Waals surface area contributed by atoms with E-state index in [-0.39, 0.29) is 11.1 Å². The Morgan fingerprint density at radius 2 is 1.44 bits per heavy atom. The van der Waals surface area contributed by atoms with Crippen molar-refractivity contribution in [2.75, 3.05) is 24.6 Å². The van der Waals surface area contributed by atoms with Crippen LogP contribution in [0, 0.1) is 0 Å². The smallest absolute Gasteiger partial charge is 0.328 e. The second-order valence-electron chi connectivity index (χ2n) is 6.32. The summed E-state index contributed by atoms with van der Waals surface area (Å²) in [6, 6.07) is 15.1. The number of carbonyl (C=O) groups is 3. The van der Waals surface area contributed by atoms with E-state index in [0.29, 0.717) is 5.06 Å². The first-order valence-electron chi connectivity index (χ1n) is 8.73. The third kappa shape index (κ3) is 3.36. The van der Waals surface area contributed by atoms with Crippen molar-refractivity contribution in [2.45, 2.75) is 6.04 Å². The lowest BCUT2D eigenvalue weighted by molar-refractivity contribution is -0.175. The standard InChI is InChI=1S/C20H18N2O4S/c23-18-15-8-4-5-9-16(15)19(24)22(18)26-20(25)17(14-6-2-1-3-7-14)21-10-12-27-13-11-21/h1-9,17H,10-13H2. The molecule has 1 unspecified atom stereocenters. The first-order valence-corrected chi connectivity index (χ1v) is 9.88. The van der Waals surface area contributed by atoms with Crippen molar-refractivity contribution in [3.63, 3.8) is 0 Å². The van der Waals surface area contributed by atoms with Gasteiger partial charge in [0.1, 0.15) is 6.04 Å². The summed E-state index contributed by atoms with van der Waals surface area (Å²) in [5.74, 6) is 0.00491. The monoisotopic (exact) mass is 382 g/mol. The number of rotatable bonds is 4. The highest BCUT2D eigenvalue weighted by Crippen LogP contribution is 2.28. The average Bonchev–Trinajstić information content (AvgIpc) is 2.95. The van der Waals surface area contributed by atoms with E-state index in [1.54, 1.807) is 24.3 Å². The van der Waals surface area contributed by atoms with Crippen molar-refractivity contribution < 1.29 is 19.2 Å². The van der Waals surface area contributed by atoms with Crippen molar-refractivity contribution in [2.24, 2.45) is 0 Å². The van der Waals surface area contributed by atoms with Gasteiger partial charge in [0.2, 0.25) is 0 Å². The Morgan fingerprint density at radius 1 is 0.889 bits per heavy atom. The fraction of sp³-hybridized carbons (Fsp3) is 0.250. The van der Waals surface area contributed by atoms with E-state index < -0.39 is 23.8 Å². The van der Waals surface area contributed by atoms with Gasteiger partial charge in [-0.05, 0) is 17.7 Å². The van der Waals surface area contributed by atoms with Gasteiger partial charge in [-0.25, -0.2) is 4.79 Å². The van der Waals surface area contributed by atoms with Gasteiger partial charge in [-0.1, -0.05) is 47.5 Å². The van der Waals surface area contributed by atoms with Crippen LogP contribution in [0.3, 0.4) is 0 Å². The molecule has 1 atom stereocenters. The highest BCUT2D eigenvalue weighted by Gasteiger charge is 2.41. The molecule has 0 radical (unpaired) electrons. The van der Waals surface area contributed by atoms with Crippen LogP contribution >= 0.6 is 11.8 Å².